The Balaban J connectivity index is 1.55. The lowest BCUT2D eigenvalue weighted by Crippen LogP contribution is -2.30. The Bertz CT molecular complexity index is 952. The van der Waals surface area contributed by atoms with Gasteiger partial charge in [0.2, 0.25) is 0 Å². The summed E-state index contributed by atoms with van der Waals surface area (Å²) < 4.78 is 11.3. The van der Waals surface area contributed by atoms with Crippen LogP contribution < -0.4 is 4.90 Å². The minimum atomic E-state index is -0.275. The lowest BCUT2D eigenvalue weighted by atomic mass is 10.0. The van der Waals surface area contributed by atoms with Crippen LogP contribution in [0.1, 0.15) is 33.7 Å². The summed E-state index contributed by atoms with van der Waals surface area (Å²) in [5.41, 5.74) is 2.58. The van der Waals surface area contributed by atoms with E-state index in [1.807, 2.05) is 53.4 Å². The molecule has 0 saturated heterocycles. The quantitative estimate of drug-likeness (QED) is 0.702. The smallest absolute Gasteiger partial charge is 0.338 e. The number of hydrogen-bond acceptors (Lipinski definition) is 6. The van der Waals surface area contributed by atoms with Crippen LogP contribution in [-0.2, 0) is 17.6 Å². The average Bonchev–Trinajstić information content (AvgIpc) is 3.08. The van der Waals surface area contributed by atoms with Crippen molar-refractivity contribution in [3.63, 3.8) is 0 Å². The number of oxazole rings is 1. The SMILES string of the molecule is O=C1OCCCN(c2nc(O)c(Cc3ccccc3)o2)CCc2ccccc21. The molecule has 6 heteroatoms. The van der Waals surface area contributed by atoms with Crippen molar-refractivity contribution in [1.82, 2.24) is 4.98 Å². The number of benzene rings is 2. The van der Waals surface area contributed by atoms with Crippen molar-refractivity contribution >= 4 is 12.0 Å². The number of aromatic hydroxyl groups is 1. The van der Waals surface area contributed by atoms with Gasteiger partial charge in [0.25, 0.3) is 5.88 Å². The molecule has 0 bridgehead atoms. The third-order valence-corrected chi connectivity index (χ3v) is 4.84. The maximum atomic E-state index is 12.2. The maximum absolute atomic E-state index is 12.2. The molecular formula is C22H22N2O4. The van der Waals surface area contributed by atoms with E-state index >= 15 is 0 Å². The van der Waals surface area contributed by atoms with Crippen molar-refractivity contribution < 1.29 is 19.1 Å². The Morgan fingerprint density at radius 1 is 1.04 bits per heavy atom. The summed E-state index contributed by atoms with van der Waals surface area (Å²) >= 11 is 0. The molecular weight excluding hydrogens is 356 g/mol. The highest BCUT2D eigenvalue weighted by molar-refractivity contribution is 5.91. The standard InChI is InChI=1S/C22H22N2O4/c25-20-19(15-16-7-2-1-3-8-16)28-22(23-20)24-12-6-14-27-21(26)18-10-5-4-9-17(18)11-13-24/h1-5,7-10,25H,6,11-15H2. The molecule has 0 unspecified atom stereocenters. The summed E-state index contributed by atoms with van der Waals surface area (Å²) in [6.07, 6.45) is 1.79. The van der Waals surface area contributed by atoms with Gasteiger partial charge in [-0.15, -0.1) is 0 Å². The van der Waals surface area contributed by atoms with Crippen LogP contribution in [0.25, 0.3) is 0 Å². The van der Waals surface area contributed by atoms with E-state index in [0.717, 1.165) is 11.1 Å². The van der Waals surface area contributed by atoms with Gasteiger partial charge in [0.15, 0.2) is 5.76 Å². The van der Waals surface area contributed by atoms with Crippen molar-refractivity contribution in [3.8, 4) is 5.88 Å². The number of nitrogens with zero attached hydrogens (tertiary/aromatic N) is 2. The number of carbonyl (C=O) groups excluding carboxylic acids is 1. The molecule has 0 spiro atoms. The van der Waals surface area contributed by atoms with Crippen LogP contribution >= 0.6 is 0 Å². The fourth-order valence-electron chi connectivity index (χ4n) is 3.36. The summed E-state index contributed by atoms with van der Waals surface area (Å²) in [6.45, 7) is 1.59. The van der Waals surface area contributed by atoms with Crippen LogP contribution in [0, 0.1) is 0 Å². The molecule has 0 radical (unpaired) electrons. The van der Waals surface area contributed by atoms with Gasteiger partial charge in [-0.1, -0.05) is 48.5 Å². The molecule has 2 aromatic carbocycles. The predicted octanol–water partition coefficient (Wildman–Crippen LogP) is 3.58. The van der Waals surface area contributed by atoms with E-state index < -0.39 is 0 Å². The lowest BCUT2D eigenvalue weighted by Gasteiger charge is -2.22. The largest absolute Gasteiger partial charge is 0.491 e. The van der Waals surface area contributed by atoms with Gasteiger partial charge >= 0.3 is 12.0 Å². The molecule has 2 heterocycles. The summed E-state index contributed by atoms with van der Waals surface area (Å²) in [4.78, 5) is 18.4. The molecule has 0 aliphatic carbocycles. The summed E-state index contributed by atoms with van der Waals surface area (Å²) in [7, 11) is 0. The predicted molar refractivity (Wildman–Crippen MR) is 105 cm³/mol. The second-order valence-corrected chi connectivity index (χ2v) is 6.79. The van der Waals surface area contributed by atoms with Crippen LogP contribution in [0.4, 0.5) is 6.01 Å². The van der Waals surface area contributed by atoms with E-state index in [9.17, 15) is 9.90 Å². The Labute approximate surface area is 163 Å². The van der Waals surface area contributed by atoms with Crippen LogP contribution in [0.3, 0.4) is 0 Å². The first kappa shape index (κ1) is 18.1. The van der Waals surface area contributed by atoms with Crippen LogP contribution in [0.2, 0.25) is 0 Å². The molecule has 0 fully saturated rings. The highest BCUT2D eigenvalue weighted by Gasteiger charge is 2.21. The summed E-state index contributed by atoms with van der Waals surface area (Å²) in [6, 6.07) is 17.7. The van der Waals surface area contributed by atoms with Crippen molar-refractivity contribution in [2.75, 3.05) is 24.6 Å². The van der Waals surface area contributed by atoms with Gasteiger partial charge in [-0.05, 0) is 30.0 Å². The van der Waals surface area contributed by atoms with E-state index in [0.29, 0.717) is 56.3 Å². The van der Waals surface area contributed by atoms with E-state index in [1.165, 1.54) is 0 Å². The van der Waals surface area contributed by atoms with Gasteiger partial charge in [0, 0.05) is 19.5 Å². The second-order valence-electron chi connectivity index (χ2n) is 6.79. The number of aromatic nitrogens is 1. The molecule has 1 aliphatic rings. The van der Waals surface area contributed by atoms with E-state index in [2.05, 4.69) is 4.98 Å². The van der Waals surface area contributed by atoms with Crippen molar-refractivity contribution in [3.05, 3.63) is 77.0 Å². The molecule has 4 rings (SSSR count). The van der Waals surface area contributed by atoms with Gasteiger partial charge in [-0.2, -0.15) is 4.98 Å². The number of rotatable bonds is 3. The molecule has 3 aromatic rings. The van der Waals surface area contributed by atoms with E-state index in [-0.39, 0.29) is 11.8 Å². The molecule has 1 aliphatic heterocycles. The third kappa shape index (κ3) is 4.01. The fraction of sp³-hybridized carbons (Fsp3) is 0.273. The summed E-state index contributed by atoms with van der Waals surface area (Å²) in [5.74, 6) is 0.0934. The first-order valence-corrected chi connectivity index (χ1v) is 9.43. The third-order valence-electron chi connectivity index (χ3n) is 4.84. The zero-order valence-corrected chi connectivity index (χ0v) is 15.5. The molecule has 0 saturated carbocycles. The van der Waals surface area contributed by atoms with Gasteiger partial charge < -0.3 is 19.2 Å². The van der Waals surface area contributed by atoms with Gasteiger partial charge in [0.05, 0.1) is 12.2 Å². The first-order chi connectivity index (χ1) is 13.7. The Morgan fingerprint density at radius 3 is 2.68 bits per heavy atom. The Kier molecular flexibility index (Phi) is 5.28. The first-order valence-electron chi connectivity index (χ1n) is 9.43. The van der Waals surface area contributed by atoms with Gasteiger partial charge in [-0.25, -0.2) is 4.79 Å². The monoisotopic (exact) mass is 378 g/mol. The summed E-state index contributed by atoms with van der Waals surface area (Å²) in [5, 5.41) is 10.2. The minimum Gasteiger partial charge on any atom is -0.491 e. The molecule has 0 atom stereocenters. The van der Waals surface area contributed by atoms with E-state index in [1.54, 1.807) is 6.07 Å². The van der Waals surface area contributed by atoms with E-state index in [4.69, 9.17) is 9.15 Å². The van der Waals surface area contributed by atoms with Crippen LogP contribution in [0.15, 0.2) is 59.0 Å². The molecule has 6 nitrogen and oxygen atoms in total. The minimum absolute atomic E-state index is 0.0808. The zero-order valence-electron chi connectivity index (χ0n) is 15.5. The number of carbonyl (C=O) groups is 1. The van der Waals surface area contributed by atoms with Crippen molar-refractivity contribution in [1.29, 1.82) is 0 Å². The number of fused-ring (bicyclic) bond motifs is 1. The van der Waals surface area contributed by atoms with Gasteiger partial charge in [0.1, 0.15) is 0 Å². The highest BCUT2D eigenvalue weighted by atomic mass is 16.5. The number of anilines is 1. The Hall–Kier alpha value is -3.28. The molecule has 1 aromatic heterocycles. The molecule has 0 amide bonds. The van der Waals surface area contributed by atoms with Gasteiger partial charge in [-0.3, -0.25) is 0 Å². The van der Waals surface area contributed by atoms with Crippen LogP contribution in [-0.4, -0.2) is 35.8 Å². The van der Waals surface area contributed by atoms with Crippen molar-refractivity contribution in [2.24, 2.45) is 0 Å². The lowest BCUT2D eigenvalue weighted by molar-refractivity contribution is 0.0499. The number of ether oxygens (including phenoxy) is 1. The highest BCUT2D eigenvalue weighted by Crippen LogP contribution is 2.27. The normalized spacial score (nSPS) is 15.0. The molecule has 144 valence electrons. The van der Waals surface area contributed by atoms with Crippen molar-refractivity contribution in [2.45, 2.75) is 19.3 Å². The number of cyclic esters (lactones) is 1. The molecule has 28 heavy (non-hydrogen) atoms. The second kappa shape index (κ2) is 8.17. The topological polar surface area (TPSA) is 75.8 Å². The molecule has 1 N–H and O–H groups in total. The number of esters is 1. The Morgan fingerprint density at radius 2 is 1.82 bits per heavy atom. The van der Waals surface area contributed by atoms with Crippen LogP contribution in [0.5, 0.6) is 5.88 Å². The average molecular weight is 378 g/mol. The fourth-order valence-corrected chi connectivity index (χ4v) is 3.36. The maximum Gasteiger partial charge on any atom is 0.338 e. The number of hydrogen-bond donors (Lipinski definition) is 1. The zero-order chi connectivity index (χ0) is 19.3.